The largest absolute Gasteiger partial charge is 0.379 e. The number of likely N-dealkylation sites (N-methyl/N-ethyl adjacent to an activating group) is 1. The van der Waals surface area contributed by atoms with Crippen LogP contribution in [-0.4, -0.2) is 33.5 Å². The summed E-state index contributed by atoms with van der Waals surface area (Å²) < 4.78 is 10.8. The molecule has 0 spiro atoms. The van der Waals surface area contributed by atoms with Gasteiger partial charge in [-0.1, -0.05) is 30.3 Å². The van der Waals surface area contributed by atoms with Crippen molar-refractivity contribution in [2.45, 2.75) is 13.0 Å². The SMILES string of the molecule is CCOCCOCC(NC)c1ccccc1. The molecule has 1 rings (SSSR count). The van der Waals surface area contributed by atoms with Crippen molar-refractivity contribution in [3.05, 3.63) is 35.9 Å². The lowest BCUT2D eigenvalue weighted by molar-refractivity contribution is 0.0441. The number of nitrogens with one attached hydrogen (secondary N) is 1. The Morgan fingerprint density at radius 2 is 1.81 bits per heavy atom. The summed E-state index contributed by atoms with van der Waals surface area (Å²) in [7, 11) is 1.95. The van der Waals surface area contributed by atoms with Crippen LogP contribution in [0.3, 0.4) is 0 Å². The molecule has 0 aromatic heterocycles. The molecule has 3 nitrogen and oxygen atoms in total. The highest BCUT2D eigenvalue weighted by molar-refractivity contribution is 5.18. The molecule has 0 aliphatic carbocycles. The molecule has 0 radical (unpaired) electrons. The zero-order valence-corrected chi connectivity index (χ0v) is 10.1. The third-order valence-corrected chi connectivity index (χ3v) is 2.41. The second kappa shape index (κ2) is 8.28. The maximum absolute atomic E-state index is 5.56. The summed E-state index contributed by atoms with van der Waals surface area (Å²) in [5, 5.41) is 3.24. The lowest BCUT2D eigenvalue weighted by Gasteiger charge is -2.16. The first-order valence-electron chi connectivity index (χ1n) is 5.76. The molecule has 16 heavy (non-hydrogen) atoms. The number of ether oxygens (including phenoxy) is 2. The van der Waals surface area contributed by atoms with Crippen molar-refractivity contribution in [2.75, 3.05) is 33.5 Å². The van der Waals surface area contributed by atoms with Gasteiger partial charge in [-0.15, -0.1) is 0 Å². The van der Waals surface area contributed by atoms with Crippen molar-refractivity contribution in [3.63, 3.8) is 0 Å². The van der Waals surface area contributed by atoms with E-state index in [9.17, 15) is 0 Å². The van der Waals surface area contributed by atoms with Crippen molar-refractivity contribution < 1.29 is 9.47 Å². The molecular weight excluding hydrogens is 202 g/mol. The molecule has 1 atom stereocenters. The Morgan fingerprint density at radius 1 is 1.12 bits per heavy atom. The normalized spacial score (nSPS) is 12.6. The summed E-state index contributed by atoms with van der Waals surface area (Å²) in [4.78, 5) is 0. The van der Waals surface area contributed by atoms with E-state index in [4.69, 9.17) is 9.47 Å². The van der Waals surface area contributed by atoms with Gasteiger partial charge in [-0.05, 0) is 19.5 Å². The second-order valence-electron chi connectivity index (χ2n) is 3.52. The topological polar surface area (TPSA) is 30.5 Å². The second-order valence-corrected chi connectivity index (χ2v) is 3.52. The molecule has 1 N–H and O–H groups in total. The highest BCUT2D eigenvalue weighted by Gasteiger charge is 2.07. The van der Waals surface area contributed by atoms with Crippen molar-refractivity contribution >= 4 is 0 Å². The summed E-state index contributed by atoms with van der Waals surface area (Å²) in [5.41, 5.74) is 1.25. The van der Waals surface area contributed by atoms with Crippen molar-refractivity contribution in [1.29, 1.82) is 0 Å². The predicted octanol–water partition coefficient (Wildman–Crippen LogP) is 2.00. The lowest BCUT2D eigenvalue weighted by atomic mass is 10.1. The Kier molecular flexibility index (Phi) is 6.81. The fourth-order valence-corrected chi connectivity index (χ4v) is 1.49. The van der Waals surface area contributed by atoms with Crippen molar-refractivity contribution in [2.24, 2.45) is 0 Å². The Balaban J connectivity index is 2.27. The number of benzene rings is 1. The minimum absolute atomic E-state index is 0.253. The third kappa shape index (κ3) is 4.75. The van der Waals surface area contributed by atoms with E-state index in [0.29, 0.717) is 19.8 Å². The summed E-state index contributed by atoms with van der Waals surface area (Å²) >= 11 is 0. The van der Waals surface area contributed by atoms with Gasteiger partial charge >= 0.3 is 0 Å². The molecule has 0 fully saturated rings. The Bertz CT molecular complexity index is 264. The van der Waals surface area contributed by atoms with Gasteiger partial charge in [0.25, 0.3) is 0 Å². The lowest BCUT2D eigenvalue weighted by Crippen LogP contribution is -2.22. The Hall–Kier alpha value is -0.900. The van der Waals surface area contributed by atoms with Gasteiger partial charge < -0.3 is 14.8 Å². The van der Waals surface area contributed by atoms with Gasteiger partial charge in [-0.25, -0.2) is 0 Å². The maximum atomic E-state index is 5.56. The number of rotatable bonds is 8. The molecule has 0 saturated heterocycles. The van der Waals surface area contributed by atoms with Crippen LogP contribution in [0.1, 0.15) is 18.5 Å². The van der Waals surface area contributed by atoms with E-state index in [1.54, 1.807) is 0 Å². The zero-order valence-electron chi connectivity index (χ0n) is 10.1. The van der Waals surface area contributed by atoms with Gasteiger partial charge in [-0.2, -0.15) is 0 Å². The molecule has 0 amide bonds. The molecule has 0 aliphatic rings. The van der Waals surface area contributed by atoms with E-state index < -0.39 is 0 Å². The minimum Gasteiger partial charge on any atom is -0.379 e. The van der Waals surface area contributed by atoms with Gasteiger partial charge in [0.05, 0.1) is 25.9 Å². The van der Waals surface area contributed by atoms with E-state index in [1.807, 2.05) is 32.2 Å². The summed E-state index contributed by atoms with van der Waals surface area (Å²) in [5.74, 6) is 0. The monoisotopic (exact) mass is 223 g/mol. The highest BCUT2D eigenvalue weighted by Crippen LogP contribution is 2.11. The van der Waals surface area contributed by atoms with Crippen LogP contribution in [0.25, 0.3) is 0 Å². The minimum atomic E-state index is 0.253. The van der Waals surface area contributed by atoms with Gasteiger partial charge in [-0.3, -0.25) is 0 Å². The molecular formula is C13H21NO2. The van der Waals surface area contributed by atoms with Crippen molar-refractivity contribution in [3.8, 4) is 0 Å². The van der Waals surface area contributed by atoms with E-state index in [0.717, 1.165) is 6.61 Å². The quantitative estimate of drug-likeness (QED) is 0.684. The first-order valence-corrected chi connectivity index (χ1v) is 5.76. The molecule has 1 aromatic rings. The van der Waals surface area contributed by atoms with Crippen LogP contribution in [0.5, 0.6) is 0 Å². The van der Waals surface area contributed by atoms with Crippen LogP contribution in [-0.2, 0) is 9.47 Å². The number of hydrogen-bond acceptors (Lipinski definition) is 3. The van der Waals surface area contributed by atoms with Crippen LogP contribution in [0, 0.1) is 0 Å². The van der Waals surface area contributed by atoms with Gasteiger partial charge in [0, 0.05) is 6.61 Å². The standard InChI is InChI=1S/C13H21NO2/c1-3-15-9-10-16-11-13(14-2)12-7-5-4-6-8-12/h4-8,13-14H,3,9-11H2,1-2H3. The van der Waals surface area contributed by atoms with E-state index in [1.165, 1.54) is 5.56 Å². The Morgan fingerprint density at radius 3 is 2.44 bits per heavy atom. The van der Waals surface area contributed by atoms with E-state index in [2.05, 4.69) is 17.4 Å². The van der Waals surface area contributed by atoms with Gasteiger partial charge in [0.15, 0.2) is 0 Å². The van der Waals surface area contributed by atoms with E-state index >= 15 is 0 Å². The van der Waals surface area contributed by atoms with Gasteiger partial charge in [0.1, 0.15) is 0 Å². The molecule has 0 heterocycles. The fourth-order valence-electron chi connectivity index (χ4n) is 1.49. The molecule has 0 bridgehead atoms. The third-order valence-electron chi connectivity index (χ3n) is 2.41. The number of hydrogen-bond donors (Lipinski definition) is 1. The van der Waals surface area contributed by atoms with E-state index in [-0.39, 0.29) is 6.04 Å². The van der Waals surface area contributed by atoms with Crippen LogP contribution in [0.4, 0.5) is 0 Å². The molecule has 0 saturated carbocycles. The van der Waals surface area contributed by atoms with Crippen LogP contribution < -0.4 is 5.32 Å². The fraction of sp³-hybridized carbons (Fsp3) is 0.538. The smallest absolute Gasteiger partial charge is 0.0701 e. The maximum Gasteiger partial charge on any atom is 0.0701 e. The molecule has 1 aromatic carbocycles. The van der Waals surface area contributed by atoms with Crippen molar-refractivity contribution in [1.82, 2.24) is 5.32 Å². The average molecular weight is 223 g/mol. The average Bonchev–Trinajstić information content (AvgIpc) is 2.35. The first-order chi connectivity index (χ1) is 7.88. The Labute approximate surface area is 97.8 Å². The molecule has 1 unspecified atom stereocenters. The molecule has 3 heteroatoms. The van der Waals surface area contributed by atoms with Crippen LogP contribution in [0.2, 0.25) is 0 Å². The van der Waals surface area contributed by atoms with Crippen LogP contribution >= 0.6 is 0 Å². The first kappa shape index (κ1) is 13.2. The predicted molar refractivity (Wildman–Crippen MR) is 65.6 cm³/mol. The summed E-state index contributed by atoms with van der Waals surface area (Å²) in [6.07, 6.45) is 0. The van der Waals surface area contributed by atoms with Gasteiger partial charge in [0.2, 0.25) is 0 Å². The van der Waals surface area contributed by atoms with Crippen LogP contribution in [0.15, 0.2) is 30.3 Å². The molecule has 90 valence electrons. The summed E-state index contributed by atoms with van der Waals surface area (Å²) in [6.45, 7) is 4.73. The summed E-state index contributed by atoms with van der Waals surface area (Å²) in [6, 6.07) is 10.6. The highest BCUT2D eigenvalue weighted by atomic mass is 16.5. The molecule has 0 aliphatic heterocycles. The zero-order chi connectivity index (χ0) is 11.6.